The third-order valence-electron chi connectivity index (χ3n) is 3.50. The molecule has 6 nitrogen and oxygen atoms in total. The Morgan fingerprint density at radius 2 is 2.00 bits per heavy atom. The highest BCUT2D eigenvalue weighted by atomic mass is 32.2. The van der Waals surface area contributed by atoms with Crippen LogP contribution in [0.4, 0.5) is 5.82 Å². The Morgan fingerprint density at radius 3 is 2.60 bits per heavy atom. The summed E-state index contributed by atoms with van der Waals surface area (Å²) in [5.41, 5.74) is 0. The molecule has 1 aromatic heterocycles. The minimum absolute atomic E-state index is 0.306. The highest BCUT2D eigenvalue weighted by molar-refractivity contribution is 7.89. The average molecular weight is 298 g/mol. The van der Waals surface area contributed by atoms with Crippen molar-refractivity contribution in [1.29, 1.82) is 0 Å². The third kappa shape index (κ3) is 3.28. The van der Waals surface area contributed by atoms with Crippen LogP contribution in [0.3, 0.4) is 0 Å². The van der Waals surface area contributed by atoms with E-state index in [1.165, 1.54) is 6.20 Å². The van der Waals surface area contributed by atoms with Crippen LogP contribution in [-0.4, -0.2) is 62.4 Å². The first-order chi connectivity index (χ1) is 9.57. The number of pyridine rings is 1. The monoisotopic (exact) mass is 298 g/mol. The lowest BCUT2D eigenvalue weighted by Gasteiger charge is -2.33. The molecule has 2 heterocycles. The van der Waals surface area contributed by atoms with Gasteiger partial charge in [0.25, 0.3) is 0 Å². The number of anilines is 1. The molecule has 0 aliphatic carbocycles. The quantitative estimate of drug-likeness (QED) is 0.872. The molecular weight excluding hydrogens is 276 g/mol. The van der Waals surface area contributed by atoms with Gasteiger partial charge in [0.2, 0.25) is 10.0 Å². The lowest BCUT2D eigenvalue weighted by molar-refractivity contribution is 0.188. The first-order valence-corrected chi connectivity index (χ1v) is 8.38. The van der Waals surface area contributed by atoms with Gasteiger partial charge in [0, 0.05) is 45.5 Å². The van der Waals surface area contributed by atoms with E-state index in [0.29, 0.717) is 23.8 Å². The van der Waals surface area contributed by atoms with Crippen LogP contribution in [0.1, 0.15) is 13.3 Å². The molecule has 112 valence electrons. The van der Waals surface area contributed by atoms with E-state index in [2.05, 4.69) is 22.1 Å². The number of rotatable bonds is 5. The van der Waals surface area contributed by atoms with E-state index < -0.39 is 10.0 Å². The maximum absolute atomic E-state index is 12.6. The van der Waals surface area contributed by atoms with E-state index >= 15 is 0 Å². The predicted octanol–water partition coefficient (Wildman–Crippen LogP) is 0.840. The second kappa shape index (κ2) is 6.51. The largest absolute Gasteiger partial charge is 0.373 e. The van der Waals surface area contributed by atoms with Crippen LogP contribution in [0.5, 0.6) is 0 Å². The topological polar surface area (TPSA) is 65.5 Å². The molecule has 2 rings (SSSR count). The molecule has 1 N–H and O–H groups in total. The van der Waals surface area contributed by atoms with Crippen LogP contribution in [-0.2, 0) is 10.0 Å². The maximum Gasteiger partial charge on any atom is 0.243 e. The maximum atomic E-state index is 12.6. The van der Waals surface area contributed by atoms with Gasteiger partial charge in [0.15, 0.2) is 0 Å². The number of nitrogens with zero attached hydrogens (tertiary/aromatic N) is 3. The van der Waals surface area contributed by atoms with Gasteiger partial charge in [-0.05, 0) is 19.0 Å². The van der Waals surface area contributed by atoms with Crippen molar-refractivity contribution in [3.63, 3.8) is 0 Å². The first kappa shape index (κ1) is 15.2. The summed E-state index contributed by atoms with van der Waals surface area (Å²) in [5.74, 6) is 0.565. The highest BCUT2D eigenvalue weighted by Gasteiger charge is 2.28. The third-order valence-corrected chi connectivity index (χ3v) is 5.39. The van der Waals surface area contributed by atoms with Crippen molar-refractivity contribution >= 4 is 15.8 Å². The van der Waals surface area contributed by atoms with Crippen molar-refractivity contribution in [3.8, 4) is 0 Å². The smallest absolute Gasteiger partial charge is 0.243 e. The summed E-state index contributed by atoms with van der Waals surface area (Å²) in [6.07, 6.45) is 2.62. The fraction of sp³-hybridized carbons (Fsp3) is 0.615. The molecule has 0 atom stereocenters. The van der Waals surface area contributed by atoms with Crippen molar-refractivity contribution < 1.29 is 8.42 Å². The molecule has 0 radical (unpaired) electrons. The van der Waals surface area contributed by atoms with Crippen molar-refractivity contribution in [2.75, 3.05) is 45.1 Å². The molecule has 0 amide bonds. The minimum Gasteiger partial charge on any atom is -0.373 e. The number of piperazine rings is 1. The number of hydrogen-bond donors (Lipinski definition) is 1. The van der Waals surface area contributed by atoms with Gasteiger partial charge in [-0.25, -0.2) is 13.4 Å². The summed E-state index contributed by atoms with van der Waals surface area (Å²) >= 11 is 0. The van der Waals surface area contributed by atoms with Gasteiger partial charge in [-0.1, -0.05) is 6.92 Å². The Hall–Kier alpha value is -1.18. The highest BCUT2D eigenvalue weighted by Crippen LogP contribution is 2.19. The Kier molecular flexibility index (Phi) is 4.95. The Balaban J connectivity index is 2.11. The zero-order chi connectivity index (χ0) is 14.6. The second-order valence-corrected chi connectivity index (χ2v) is 6.81. The van der Waals surface area contributed by atoms with E-state index in [4.69, 9.17) is 0 Å². The van der Waals surface area contributed by atoms with Crippen LogP contribution in [0.25, 0.3) is 0 Å². The van der Waals surface area contributed by atoms with Crippen molar-refractivity contribution in [1.82, 2.24) is 14.2 Å². The SMILES string of the molecule is CCCN1CCN(S(=O)(=O)c2ccnc(NC)c2)CC1. The van der Waals surface area contributed by atoms with Crippen LogP contribution in [0, 0.1) is 0 Å². The fourth-order valence-electron chi connectivity index (χ4n) is 2.37. The predicted molar refractivity (Wildman–Crippen MR) is 79.3 cm³/mol. The standard InChI is InChI=1S/C13H22N4O2S/c1-3-6-16-7-9-17(10-8-16)20(18,19)12-4-5-15-13(11-12)14-2/h4-5,11H,3,6-10H2,1-2H3,(H,14,15). The van der Waals surface area contributed by atoms with Crippen molar-refractivity contribution in [3.05, 3.63) is 18.3 Å². The Bertz CT molecular complexity index is 539. The molecule has 0 unspecified atom stereocenters. The van der Waals surface area contributed by atoms with Gasteiger partial charge in [0.1, 0.15) is 5.82 Å². The van der Waals surface area contributed by atoms with Gasteiger partial charge in [0.05, 0.1) is 4.90 Å². The molecule has 0 spiro atoms. The molecule has 7 heteroatoms. The van der Waals surface area contributed by atoms with E-state index in [1.807, 2.05) is 0 Å². The summed E-state index contributed by atoms with van der Waals surface area (Å²) in [4.78, 5) is 6.66. The van der Waals surface area contributed by atoms with Gasteiger partial charge in [-0.15, -0.1) is 0 Å². The minimum atomic E-state index is -3.41. The number of hydrogen-bond acceptors (Lipinski definition) is 5. The lowest BCUT2D eigenvalue weighted by Crippen LogP contribution is -2.48. The molecule has 1 fully saturated rings. The molecule has 0 saturated carbocycles. The van der Waals surface area contributed by atoms with Crippen LogP contribution in [0.2, 0.25) is 0 Å². The fourth-order valence-corrected chi connectivity index (χ4v) is 3.80. The molecule has 0 aromatic carbocycles. The summed E-state index contributed by atoms with van der Waals surface area (Å²) in [6.45, 7) is 5.89. The van der Waals surface area contributed by atoms with Crippen LogP contribution in [0.15, 0.2) is 23.2 Å². The first-order valence-electron chi connectivity index (χ1n) is 6.94. The second-order valence-electron chi connectivity index (χ2n) is 4.87. The Morgan fingerprint density at radius 1 is 1.30 bits per heavy atom. The summed E-state index contributed by atoms with van der Waals surface area (Å²) in [6, 6.07) is 3.13. The average Bonchev–Trinajstić information content (AvgIpc) is 2.48. The van der Waals surface area contributed by atoms with Gasteiger partial charge < -0.3 is 10.2 Å². The summed E-state index contributed by atoms with van der Waals surface area (Å²) in [5, 5.41) is 2.86. The van der Waals surface area contributed by atoms with E-state index in [-0.39, 0.29) is 0 Å². The number of sulfonamides is 1. The zero-order valence-corrected chi connectivity index (χ0v) is 12.9. The van der Waals surface area contributed by atoms with E-state index in [1.54, 1.807) is 23.5 Å². The number of nitrogens with one attached hydrogen (secondary N) is 1. The molecular formula is C13H22N4O2S. The molecule has 1 saturated heterocycles. The van der Waals surface area contributed by atoms with Gasteiger partial charge in [-0.3, -0.25) is 0 Å². The van der Waals surface area contributed by atoms with E-state index in [0.717, 1.165) is 26.1 Å². The van der Waals surface area contributed by atoms with Gasteiger partial charge >= 0.3 is 0 Å². The molecule has 20 heavy (non-hydrogen) atoms. The van der Waals surface area contributed by atoms with Crippen molar-refractivity contribution in [2.45, 2.75) is 18.2 Å². The normalized spacial score (nSPS) is 18.1. The zero-order valence-electron chi connectivity index (χ0n) is 12.0. The van der Waals surface area contributed by atoms with Gasteiger partial charge in [-0.2, -0.15) is 4.31 Å². The molecule has 1 aliphatic rings. The van der Waals surface area contributed by atoms with E-state index in [9.17, 15) is 8.42 Å². The molecule has 1 aromatic rings. The van der Waals surface area contributed by atoms with Crippen LogP contribution < -0.4 is 5.32 Å². The summed E-state index contributed by atoms with van der Waals surface area (Å²) in [7, 11) is -1.68. The lowest BCUT2D eigenvalue weighted by atomic mass is 10.3. The van der Waals surface area contributed by atoms with Crippen molar-refractivity contribution in [2.24, 2.45) is 0 Å². The molecule has 0 bridgehead atoms. The summed E-state index contributed by atoms with van der Waals surface area (Å²) < 4.78 is 26.7. The number of aromatic nitrogens is 1. The van der Waals surface area contributed by atoms with Crippen LogP contribution >= 0.6 is 0 Å². The Labute approximate surface area is 120 Å². The molecule has 1 aliphatic heterocycles.